The molecular formula is C12H14FNO4. The van der Waals surface area contributed by atoms with Crippen LogP contribution in [0, 0.1) is 5.82 Å². The first-order valence-corrected chi connectivity index (χ1v) is 5.40. The fraction of sp³-hybridized carbons (Fsp3) is 0.333. The Kier molecular flexibility index (Phi) is 5.26. The van der Waals surface area contributed by atoms with Crippen molar-refractivity contribution in [1.82, 2.24) is 5.32 Å². The minimum Gasteiger partial charge on any atom is -0.464 e. The van der Waals surface area contributed by atoms with Gasteiger partial charge in [0.25, 0.3) is 0 Å². The number of esters is 1. The second kappa shape index (κ2) is 6.70. The summed E-state index contributed by atoms with van der Waals surface area (Å²) < 4.78 is 17.7. The number of benzene rings is 1. The molecule has 0 bridgehead atoms. The van der Waals surface area contributed by atoms with Crippen LogP contribution in [0.5, 0.6) is 0 Å². The average Bonchev–Trinajstić information content (AvgIpc) is 2.35. The third-order valence-corrected chi connectivity index (χ3v) is 2.29. The molecule has 0 saturated carbocycles. The number of nitrogens with one attached hydrogen (secondary N) is 1. The van der Waals surface area contributed by atoms with Crippen molar-refractivity contribution in [2.75, 3.05) is 6.61 Å². The van der Waals surface area contributed by atoms with E-state index in [2.05, 4.69) is 5.32 Å². The zero-order valence-electron chi connectivity index (χ0n) is 9.80. The van der Waals surface area contributed by atoms with Crippen LogP contribution in [0.2, 0.25) is 0 Å². The molecule has 0 aliphatic carbocycles. The predicted octanol–water partition coefficient (Wildman–Crippen LogP) is 0.537. The molecule has 0 fully saturated rings. The zero-order chi connectivity index (χ0) is 13.5. The summed E-state index contributed by atoms with van der Waals surface area (Å²) in [6.07, 6.45) is -1.09. The van der Waals surface area contributed by atoms with E-state index in [1.165, 1.54) is 18.2 Å². The molecule has 98 valence electrons. The van der Waals surface area contributed by atoms with Gasteiger partial charge in [-0.2, -0.15) is 0 Å². The number of halogens is 1. The highest BCUT2D eigenvalue weighted by Gasteiger charge is 2.29. The molecule has 0 heterocycles. The van der Waals surface area contributed by atoms with Gasteiger partial charge in [-0.15, -0.1) is 0 Å². The third kappa shape index (κ3) is 3.53. The maximum atomic E-state index is 13.0. The van der Waals surface area contributed by atoms with E-state index >= 15 is 0 Å². The molecule has 1 amide bonds. The summed E-state index contributed by atoms with van der Waals surface area (Å²) >= 11 is 0. The van der Waals surface area contributed by atoms with Gasteiger partial charge in [-0.3, -0.25) is 4.79 Å². The molecule has 0 aliphatic heterocycles. The van der Waals surface area contributed by atoms with Gasteiger partial charge in [-0.25, -0.2) is 9.18 Å². The number of rotatable bonds is 6. The molecule has 0 saturated heterocycles. The number of aliphatic hydroxyl groups excluding tert-OH is 1. The van der Waals surface area contributed by atoms with Crippen molar-refractivity contribution in [2.45, 2.75) is 19.1 Å². The van der Waals surface area contributed by atoms with Crippen LogP contribution in [0.15, 0.2) is 24.3 Å². The Morgan fingerprint density at radius 1 is 1.61 bits per heavy atom. The van der Waals surface area contributed by atoms with Gasteiger partial charge >= 0.3 is 5.97 Å². The zero-order valence-corrected chi connectivity index (χ0v) is 9.80. The molecule has 1 aromatic rings. The Balaban J connectivity index is 2.91. The van der Waals surface area contributed by atoms with E-state index in [1.54, 1.807) is 6.92 Å². The van der Waals surface area contributed by atoms with Gasteiger partial charge < -0.3 is 15.2 Å². The molecule has 1 rings (SSSR count). The summed E-state index contributed by atoms with van der Waals surface area (Å²) in [4.78, 5) is 22.0. The molecule has 6 heteroatoms. The van der Waals surface area contributed by atoms with E-state index in [-0.39, 0.29) is 18.6 Å². The Morgan fingerprint density at radius 2 is 2.33 bits per heavy atom. The highest BCUT2D eigenvalue weighted by molar-refractivity contribution is 5.79. The highest BCUT2D eigenvalue weighted by Crippen LogP contribution is 2.18. The van der Waals surface area contributed by atoms with Gasteiger partial charge in [0, 0.05) is 0 Å². The van der Waals surface area contributed by atoms with Crippen molar-refractivity contribution >= 4 is 12.4 Å². The topological polar surface area (TPSA) is 75.6 Å². The van der Waals surface area contributed by atoms with Gasteiger partial charge in [-0.05, 0) is 24.6 Å². The number of aliphatic hydroxyl groups is 1. The average molecular weight is 255 g/mol. The first-order chi connectivity index (χ1) is 8.60. The number of carbonyl (C=O) groups is 2. The lowest BCUT2D eigenvalue weighted by molar-refractivity contribution is -0.149. The summed E-state index contributed by atoms with van der Waals surface area (Å²) in [6, 6.07) is 3.89. The van der Waals surface area contributed by atoms with Crippen LogP contribution in [0.25, 0.3) is 0 Å². The Hall–Kier alpha value is -1.95. The number of ether oxygens (including phenoxy) is 1. The minimum absolute atomic E-state index is 0.117. The molecule has 2 N–H and O–H groups in total. The van der Waals surface area contributed by atoms with E-state index in [4.69, 9.17) is 4.74 Å². The lowest BCUT2D eigenvalue weighted by Crippen LogP contribution is -2.42. The van der Waals surface area contributed by atoms with Crippen molar-refractivity contribution in [3.05, 3.63) is 35.6 Å². The molecule has 1 aromatic carbocycles. The number of amides is 1. The van der Waals surface area contributed by atoms with Crippen molar-refractivity contribution in [3.8, 4) is 0 Å². The van der Waals surface area contributed by atoms with Crippen LogP contribution in [-0.4, -0.2) is 30.1 Å². The van der Waals surface area contributed by atoms with Gasteiger partial charge in [0.2, 0.25) is 6.41 Å². The molecule has 0 radical (unpaired) electrons. The molecule has 5 nitrogen and oxygen atoms in total. The number of hydrogen-bond acceptors (Lipinski definition) is 4. The summed E-state index contributed by atoms with van der Waals surface area (Å²) in [7, 11) is 0. The second-order valence-electron chi connectivity index (χ2n) is 3.51. The third-order valence-electron chi connectivity index (χ3n) is 2.29. The van der Waals surface area contributed by atoms with E-state index in [9.17, 15) is 19.1 Å². The monoisotopic (exact) mass is 255 g/mol. The maximum absolute atomic E-state index is 13.0. The summed E-state index contributed by atoms with van der Waals surface area (Å²) in [6.45, 7) is 1.72. The first-order valence-electron chi connectivity index (χ1n) is 5.40. The maximum Gasteiger partial charge on any atom is 0.331 e. The van der Waals surface area contributed by atoms with Crippen molar-refractivity contribution in [3.63, 3.8) is 0 Å². The normalized spacial score (nSPS) is 13.5. The molecule has 2 atom stereocenters. The Morgan fingerprint density at radius 3 is 2.89 bits per heavy atom. The van der Waals surface area contributed by atoms with Crippen molar-refractivity contribution in [2.24, 2.45) is 0 Å². The largest absolute Gasteiger partial charge is 0.464 e. The predicted molar refractivity (Wildman–Crippen MR) is 61.0 cm³/mol. The lowest BCUT2D eigenvalue weighted by atomic mass is 10.0. The van der Waals surface area contributed by atoms with Crippen molar-refractivity contribution < 1.29 is 23.8 Å². The highest BCUT2D eigenvalue weighted by atomic mass is 19.1. The number of carbonyl (C=O) groups excluding carboxylic acids is 2. The number of hydrogen-bond donors (Lipinski definition) is 2. The molecule has 0 aromatic heterocycles. The molecule has 0 aliphatic rings. The second-order valence-corrected chi connectivity index (χ2v) is 3.51. The summed E-state index contributed by atoms with van der Waals surface area (Å²) in [5.41, 5.74) is 0.183. The van der Waals surface area contributed by atoms with Gasteiger partial charge in [0.05, 0.1) is 6.61 Å². The summed E-state index contributed by atoms with van der Waals surface area (Å²) in [5.74, 6) is -1.32. The van der Waals surface area contributed by atoms with E-state index in [0.29, 0.717) is 0 Å². The van der Waals surface area contributed by atoms with Crippen LogP contribution in [0.4, 0.5) is 4.39 Å². The molecule has 0 spiro atoms. The molecule has 2 unspecified atom stereocenters. The van der Waals surface area contributed by atoms with Gasteiger partial charge in [-0.1, -0.05) is 12.1 Å². The van der Waals surface area contributed by atoms with Crippen LogP contribution in [-0.2, 0) is 14.3 Å². The summed E-state index contributed by atoms with van der Waals surface area (Å²) in [5, 5.41) is 12.1. The quantitative estimate of drug-likeness (QED) is 0.574. The fourth-order valence-electron chi connectivity index (χ4n) is 1.48. The van der Waals surface area contributed by atoms with E-state index < -0.39 is 23.9 Å². The van der Waals surface area contributed by atoms with Crippen molar-refractivity contribution in [1.29, 1.82) is 0 Å². The van der Waals surface area contributed by atoms with Crippen LogP contribution < -0.4 is 5.32 Å². The van der Waals surface area contributed by atoms with E-state index in [0.717, 1.165) is 6.07 Å². The SMILES string of the molecule is CCOC(=O)C(NC=O)C(O)c1cccc(F)c1. The first kappa shape index (κ1) is 14.1. The Bertz CT molecular complexity index is 424. The van der Waals surface area contributed by atoms with Gasteiger partial charge in [0.1, 0.15) is 11.9 Å². The fourth-order valence-corrected chi connectivity index (χ4v) is 1.48. The minimum atomic E-state index is -1.37. The van der Waals surface area contributed by atoms with Crippen LogP contribution in [0.3, 0.4) is 0 Å². The van der Waals surface area contributed by atoms with E-state index in [1.807, 2.05) is 0 Å². The standard InChI is InChI=1S/C12H14FNO4/c1-2-18-12(17)10(14-7-15)11(16)8-4-3-5-9(13)6-8/h3-7,10-11,16H,2H2,1H3,(H,14,15). The van der Waals surface area contributed by atoms with Crippen LogP contribution in [0.1, 0.15) is 18.6 Å². The smallest absolute Gasteiger partial charge is 0.331 e. The lowest BCUT2D eigenvalue weighted by Gasteiger charge is -2.20. The van der Waals surface area contributed by atoms with Gasteiger partial charge in [0.15, 0.2) is 6.04 Å². The van der Waals surface area contributed by atoms with Crippen LogP contribution >= 0.6 is 0 Å². The molecular weight excluding hydrogens is 241 g/mol. The molecule has 18 heavy (non-hydrogen) atoms. The Labute approximate surface area is 104 Å².